The summed E-state index contributed by atoms with van der Waals surface area (Å²) in [6, 6.07) is 23.5. The third kappa shape index (κ3) is 7.51. The molecule has 0 atom stereocenters. The number of nitrogens with zero attached hydrogens (tertiary/aromatic N) is 2. The van der Waals surface area contributed by atoms with E-state index in [1.54, 1.807) is 12.0 Å². The van der Waals surface area contributed by atoms with Crippen molar-refractivity contribution in [2.24, 2.45) is 0 Å². The maximum Gasteiger partial charge on any atom is 0.254 e. The minimum atomic E-state index is -0.139. The fourth-order valence-corrected chi connectivity index (χ4v) is 4.86. The van der Waals surface area contributed by atoms with Crippen LogP contribution in [-0.2, 0) is 22.5 Å². The number of methoxy groups -OCH3 is 1. The van der Waals surface area contributed by atoms with E-state index < -0.39 is 0 Å². The number of aryl methyl sites for hydroxylation is 1. The Labute approximate surface area is 236 Å². The van der Waals surface area contributed by atoms with Crippen LogP contribution in [0.25, 0.3) is 10.9 Å². The number of amides is 2. The minimum absolute atomic E-state index is 0.00178. The number of fused-ring (bicyclic) bond motifs is 1. The monoisotopic (exact) mass is 541 g/mol. The molecule has 40 heavy (non-hydrogen) atoms. The number of ether oxygens (including phenoxy) is 2. The number of H-pyrrole nitrogens is 1. The molecular weight excluding hydrogens is 502 g/mol. The van der Waals surface area contributed by atoms with Gasteiger partial charge in [-0.05, 0) is 67.6 Å². The number of para-hydroxylation sites is 1. The number of hydrogen-bond acceptors (Lipinski definition) is 4. The van der Waals surface area contributed by atoms with Crippen LogP contribution in [0.1, 0.15) is 40.4 Å². The molecule has 0 saturated carbocycles. The van der Waals surface area contributed by atoms with E-state index >= 15 is 0 Å². The summed E-state index contributed by atoms with van der Waals surface area (Å²) >= 11 is 0. The summed E-state index contributed by atoms with van der Waals surface area (Å²) in [5.74, 6) is 0.573. The van der Waals surface area contributed by atoms with E-state index in [1.165, 1.54) is 0 Å². The van der Waals surface area contributed by atoms with E-state index in [0.29, 0.717) is 51.3 Å². The van der Waals surface area contributed by atoms with Gasteiger partial charge < -0.3 is 24.3 Å². The molecule has 1 aromatic heterocycles. The number of carbonyl (C=O) groups is 2. The van der Waals surface area contributed by atoms with E-state index in [-0.39, 0.29) is 18.4 Å². The lowest BCUT2D eigenvalue weighted by Gasteiger charge is -2.28. The molecule has 7 heteroatoms. The highest BCUT2D eigenvalue weighted by molar-refractivity contribution is 5.97. The smallest absolute Gasteiger partial charge is 0.254 e. The van der Waals surface area contributed by atoms with Crippen molar-refractivity contribution in [3.63, 3.8) is 0 Å². The van der Waals surface area contributed by atoms with Crippen molar-refractivity contribution >= 4 is 22.7 Å². The van der Waals surface area contributed by atoms with Crippen LogP contribution in [0.4, 0.5) is 0 Å². The maximum absolute atomic E-state index is 13.9. The van der Waals surface area contributed by atoms with E-state index in [4.69, 9.17) is 9.47 Å². The zero-order valence-electron chi connectivity index (χ0n) is 23.7. The van der Waals surface area contributed by atoms with Gasteiger partial charge >= 0.3 is 0 Å². The molecule has 0 aliphatic rings. The summed E-state index contributed by atoms with van der Waals surface area (Å²) in [5, 5.41) is 1.16. The Bertz CT molecular complexity index is 1400. The van der Waals surface area contributed by atoms with Crippen LogP contribution in [0.5, 0.6) is 5.75 Å². The second kappa shape index (κ2) is 14.3. The highest BCUT2D eigenvalue weighted by Gasteiger charge is 2.23. The van der Waals surface area contributed by atoms with E-state index in [1.807, 2.05) is 85.6 Å². The van der Waals surface area contributed by atoms with Gasteiger partial charge in [0.2, 0.25) is 5.91 Å². The van der Waals surface area contributed by atoms with Gasteiger partial charge in [0.05, 0.1) is 6.61 Å². The SMILES string of the molecule is CCOc1ccc(CN(CCc2c[nH]c3ccccc23)C(=O)CN(CCCOC)C(=O)c2ccccc2C)cc1. The zero-order valence-corrected chi connectivity index (χ0v) is 23.7. The Morgan fingerprint density at radius 3 is 2.40 bits per heavy atom. The highest BCUT2D eigenvalue weighted by atomic mass is 16.5. The van der Waals surface area contributed by atoms with Gasteiger partial charge in [-0.25, -0.2) is 0 Å². The molecule has 0 bridgehead atoms. The minimum Gasteiger partial charge on any atom is -0.494 e. The Hall–Kier alpha value is -4.10. The van der Waals surface area contributed by atoms with E-state index in [2.05, 4.69) is 17.1 Å². The van der Waals surface area contributed by atoms with Gasteiger partial charge in [0, 0.05) is 56.0 Å². The van der Waals surface area contributed by atoms with Gasteiger partial charge in [0.1, 0.15) is 12.3 Å². The van der Waals surface area contributed by atoms with Crippen molar-refractivity contribution in [2.45, 2.75) is 33.2 Å². The Morgan fingerprint density at radius 2 is 1.65 bits per heavy atom. The molecule has 1 heterocycles. The molecule has 0 fully saturated rings. The molecular formula is C33H39N3O4. The number of nitrogens with one attached hydrogen (secondary N) is 1. The van der Waals surface area contributed by atoms with Crippen molar-refractivity contribution in [2.75, 3.05) is 40.0 Å². The Kier molecular flexibility index (Phi) is 10.4. The molecule has 0 radical (unpaired) electrons. The molecule has 0 aliphatic carbocycles. The van der Waals surface area contributed by atoms with Crippen LogP contribution >= 0.6 is 0 Å². The van der Waals surface area contributed by atoms with Gasteiger partial charge in [0.15, 0.2) is 0 Å². The van der Waals surface area contributed by atoms with Crippen LogP contribution in [-0.4, -0.2) is 66.6 Å². The average molecular weight is 542 g/mol. The van der Waals surface area contributed by atoms with E-state index in [0.717, 1.165) is 33.3 Å². The molecule has 210 valence electrons. The predicted molar refractivity (Wildman–Crippen MR) is 159 cm³/mol. The number of hydrogen-bond donors (Lipinski definition) is 1. The van der Waals surface area contributed by atoms with Gasteiger partial charge in [-0.2, -0.15) is 0 Å². The first-order valence-electron chi connectivity index (χ1n) is 13.9. The number of rotatable bonds is 14. The summed E-state index contributed by atoms with van der Waals surface area (Å²) in [6.07, 6.45) is 3.36. The lowest BCUT2D eigenvalue weighted by atomic mass is 10.1. The number of benzene rings is 3. The molecule has 2 amide bonds. The van der Waals surface area contributed by atoms with Crippen molar-refractivity contribution in [3.8, 4) is 5.75 Å². The van der Waals surface area contributed by atoms with Crippen molar-refractivity contribution in [3.05, 3.63) is 101 Å². The van der Waals surface area contributed by atoms with Crippen LogP contribution in [0.3, 0.4) is 0 Å². The van der Waals surface area contributed by atoms with Crippen molar-refractivity contribution in [1.82, 2.24) is 14.8 Å². The van der Waals surface area contributed by atoms with Crippen LogP contribution < -0.4 is 4.74 Å². The first kappa shape index (κ1) is 28.9. The molecule has 0 unspecified atom stereocenters. The lowest BCUT2D eigenvalue weighted by Crippen LogP contribution is -2.44. The van der Waals surface area contributed by atoms with Crippen LogP contribution in [0, 0.1) is 6.92 Å². The largest absolute Gasteiger partial charge is 0.494 e. The van der Waals surface area contributed by atoms with E-state index in [9.17, 15) is 9.59 Å². The number of aromatic nitrogens is 1. The third-order valence-electron chi connectivity index (χ3n) is 7.05. The fraction of sp³-hybridized carbons (Fsp3) is 0.333. The third-order valence-corrected chi connectivity index (χ3v) is 7.05. The molecule has 0 saturated heterocycles. The van der Waals surface area contributed by atoms with Crippen LogP contribution in [0.15, 0.2) is 79.0 Å². The molecule has 3 aromatic carbocycles. The lowest BCUT2D eigenvalue weighted by molar-refractivity contribution is -0.132. The standard InChI is InChI=1S/C33H39N3O4/c1-4-40-28-16-14-26(15-17-28)23-35(20-18-27-22-34-31-13-8-7-12-30(27)31)32(37)24-36(19-9-21-39-3)33(38)29-11-6-5-10-25(29)2/h5-8,10-17,22,34H,4,9,18-21,23-24H2,1-3H3. The fourth-order valence-electron chi connectivity index (χ4n) is 4.86. The van der Waals surface area contributed by atoms with Gasteiger partial charge in [0.25, 0.3) is 5.91 Å². The van der Waals surface area contributed by atoms with Gasteiger partial charge in [-0.15, -0.1) is 0 Å². The summed E-state index contributed by atoms with van der Waals surface area (Å²) in [4.78, 5) is 34.3. The summed E-state index contributed by atoms with van der Waals surface area (Å²) in [5.41, 5.74) is 4.75. The Morgan fingerprint density at radius 1 is 0.900 bits per heavy atom. The molecule has 1 N–H and O–H groups in total. The topological polar surface area (TPSA) is 74.9 Å². The zero-order chi connectivity index (χ0) is 28.3. The summed E-state index contributed by atoms with van der Waals surface area (Å²) in [6.45, 7) is 6.40. The molecule has 7 nitrogen and oxygen atoms in total. The number of carbonyl (C=O) groups excluding carboxylic acids is 2. The second-order valence-corrected chi connectivity index (χ2v) is 9.89. The van der Waals surface area contributed by atoms with Crippen molar-refractivity contribution < 1.29 is 19.1 Å². The predicted octanol–water partition coefficient (Wildman–Crippen LogP) is 5.63. The average Bonchev–Trinajstić information content (AvgIpc) is 3.39. The Balaban J connectivity index is 1.55. The second-order valence-electron chi connectivity index (χ2n) is 9.89. The highest BCUT2D eigenvalue weighted by Crippen LogP contribution is 2.20. The van der Waals surface area contributed by atoms with Gasteiger partial charge in [-0.3, -0.25) is 9.59 Å². The molecule has 4 rings (SSSR count). The van der Waals surface area contributed by atoms with Crippen LogP contribution in [0.2, 0.25) is 0 Å². The number of aromatic amines is 1. The quantitative estimate of drug-likeness (QED) is 0.210. The first-order chi connectivity index (χ1) is 19.5. The molecule has 0 aliphatic heterocycles. The van der Waals surface area contributed by atoms with Crippen molar-refractivity contribution in [1.29, 1.82) is 0 Å². The molecule has 4 aromatic rings. The van der Waals surface area contributed by atoms with Gasteiger partial charge in [-0.1, -0.05) is 48.5 Å². The molecule has 0 spiro atoms. The first-order valence-corrected chi connectivity index (χ1v) is 13.9. The maximum atomic E-state index is 13.9. The normalized spacial score (nSPS) is 11.0. The summed E-state index contributed by atoms with van der Waals surface area (Å²) in [7, 11) is 1.64. The summed E-state index contributed by atoms with van der Waals surface area (Å²) < 4.78 is 10.8.